The summed E-state index contributed by atoms with van der Waals surface area (Å²) in [5, 5.41) is 0. The van der Waals surface area contributed by atoms with Crippen molar-refractivity contribution in [3.63, 3.8) is 0 Å². The predicted molar refractivity (Wildman–Crippen MR) is 86.4 cm³/mol. The van der Waals surface area contributed by atoms with Crippen molar-refractivity contribution < 1.29 is 63.8 Å². The summed E-state index contributed by atoms with van der Waals surface area (Å²) in [6.45, 7) is 2.09. The fourth-order valence-electron chi connectivity index (χ4n) is 3.44. The molecule has 0 unspecified atom stereocenters. The molecule has 1 saturated carbocycles. The van der Waals surface area contributed by atoms with Crippen LogP contribution < -0.4 is 4.74 Å². The fourth-order valence-corrected chi connectivity index (χ4v) is 3.44. The van der Waals surface area contributed by atoms with Crippen molar-refractivity contribution in [1.82, 2.24) is 0 Å². The molecular formula is C20H17F6OY-. The molecule has 0 saturated heterocycles. The fraction of sp³-hybridized carbons (Fsp3) is 0.400. The van der Waals surface area contributed by atoms with Crippen molar-refractivity contribution in [2.45, 2.75) is 44.6 Å². The third-order valence-electron chi connectivity index (χ3n) is 4.87. The third-order valence-corrected chi connectivity index (χ3v) is 4.87. The zero-order valence-electron chi connectivity index (χ0n) is 15.0. The topological polar surface area (TPSA) is 9.23 Å². The standard InChI is InChI=1S/C20H17F6O.Y/c1-11-2-4-12(5-3-11)13-6-17(23)19(18(24)7-13)20(25,26)27-16-9-14(21)8-15(22)10-16;/h6-7,9-12H,2-5H2,1H3;/q-1;. The Kier molecular flexibility index (Phi) is 7.59. The van der Waals surface area contributed by atoms with Gasteiger partial charge in [-0.3, -0.25) is 0 Å². The molecule has 0 spiro atoms. The zero-order valence-corrected chi connectivity index (χ0v) is 17.9. The van der Waals surface area contributed by atoms with Crippen LogP contribution in [0.5, 0.6) is 5.75 Å². The Bertz CT molecular complexity index is 790. The predicted octanol–water partition coefficient (Wildman–Crippen LogP) is 6.46. The summed E-state index contributed by atoms with van der Waals surface area (Å²) < 4.78 is 87.6. The molecule has 0 bridgehead atoms. The van der Waals surface area contributed by atoms with Crippen LogP contribution in [-0.4, -0.2) is 0 Å². The van der Waals surface area contributed by atoms with Crippen LogP contribution in [0.2, 0.25) is 0 Å². The smallest absolute Gasteiger partial charge is 0.430 e. The van der Waals surface area contributed by atoms with E-state index in [9.17, 15) is 26.3 Å². The van der Waals surface area contributed by atoms with Crippen molar-refractivity contribution in [2.24, 2.45) is 5.92 Å². The minimum Gasteiger partial charge on any atom is -0.455 e. The number of alkyl halides is 2. The molecule has 0 N–H and O–H groups in total. The van der Waals surface area contributed by atoms with Gasteiger partial charge in [0.25, 0.3) is 0 Å². The number of benzene rings is 2. The number of hydrogen-bond acceptors (Lipinski definition) is 1. The van der Waals surface area contributed by atoms with Gasteiger partial charge in [0.05, 0.1) is 0 Å². The maximum Gasteiger partial charge on any atom is 0.430 e. The van der Waals surface area contributed by atoms with Crippen molar-refractivity contribution >= 4 is 0 Å². The zero-order chi connectivity index (χ0) is 19.8. The molecular weight excluding hydrogens is 459 g/mol. The SMILES string of the molecule is CC1CCC(c2cc(F)c(C(F)(F)Oc3cc(F)[c-]c(F)c3)c(F)c2)CC1.[Y]. The van der Waals surface area contributed by atoms with Crippen LogP contribution in [-0.2, 0) is 38.8 Å². The van der Waals surface area contributed by atoms with Gasteiger partial charge in [-0.15, -0.1) is 6.07 Å². The van der Waals surface area contributed by atoms with Crippen LogP contribution >= 0.6 is 0 Å². The first-order chi connectivity index (χ1) is 12.7. The van der Waals surface area contributed by atoms with Gasteiger partial charge in [-0.2, -0.15) is 8.78 Å². The van der Waals surface area contributed by atoms with Crippen LogP contribution in [0.25, 0.3) is 0 Å². The second kappa shape index (κ2) is 9.16. The quantitative estimate of drug-likeness (QED) is 0.364. The molecule has 2 aromatic carbocycles. The van der Waals surface area contributed by atoms with E-state index in [1.54, 1.807) is 6.07 Å². The average molecular weight is 476 g/mol. The maximum absolute atomic E-state index is 14.3. The van der Waals surface area contributed by atoms with Gasteiger partial charge < -0.3 is 4.74 Å². The summed E-state index contributed by atoms with van der Waals surface area (Å²) in [7, 11) is 0. The summed E-state index contributed by atoms with van der Waals surface area (Å²) in [5.74, 6) is -5.95. The van der Waals surface area contributed by atoms with E-state index in [1.165, 1.54) is 0 Å². The molecule has 0 aromatic heterocycles. The van der Waals surface area contributed by atoms with E-state index < -0.39 is 40.7 Å². The number of halogens is 6. The first-order valence-electron chi connectivity index (χ1n) is 8.60. The van der Waals surface area contributed by atoms with Crippen molar-refractivity contribution in [1.29, 1.82) is 0 Å². The monoisotopic (exact) mass is 476 g/mol. The summed E-state index contributed by atoms with van der Waals surface area (Å²) >= 11 is 0. The summed E-state index contributed by atoms with van der Waals surface area (Å²) in [6, 6.07) is 4.27. The summed E-state index contributed by atoms with van der Waals surface area (Å²) in [6.07, 6.45) is -1.20. The van der Waals surface area contributed by atoms with Crippen LogP contribution in [0.15, 0.2) is 24.3 Å². The van der Waals surface area contributed by atoms with E-state index in [0.717, 1.165) is 37.8 Å². The Morgan fingerprint density at radius 3 is 1.89 bits per heavy atom. The second-order valence-corrected chi connectivity index (χ2v) is 6.95. The molecule has 0 amide bonds. The minimum atomic E-state index is -4.45. The molecule has 0 aliphatic heterocycles. The van der Waals surface area contributed by atoms with Gasteiger partial charge in [-0.05, 0) is 42.4 Å². The average Bonchev–Trinajstić information content (AvgIpc) is 2.52. The van der Waals surface area contributed by atoms with Crippen LogP contribution in [0.4, 0.5) is 26.3 Å². The van der Waals surface area contributed by atoms with Crippen LogP contribution in [0, 0.1) is 35.3 Å². The molecule has 3 rings (SSSR count). The van der Waals surface area contributed by atoms with E-state index in [2.05, 4.69) is 11.7 Å². The van der Waals surface area contributed by atoms with E-state index in [1.807, 2.05) is 0 Å². The summed E-state index contributed by atoms with van der Waals surface area (Å²) in [5.41, 5.74) is -1.27. The van der Waals surface area contributed by atoms with Gasteiger partial charge in [0.1, 0.15) is 17.2 Å². The molecule has 1 fully saturated rings. The molecule has 1 radical (unpaired) electrons. The van der Waals surface area contributed by atoms with Gasteiger partial charge in [-0.1, -0.05) is 31.9 Å². The Balaban J connectivity index is 0.00000280. The molecule has 1 nitrogen and oxygen atoms in total. The van der Waals surface area contributed by atoms with E-state index in [-0.39, 0.29) is 38.6 Å². The Labute approximate surface area is 184 Å². The second-order valence-electron chi connectivity index (χ2n) is 6.95. The third kappa shape index (κ3) is 5.29. The molecule has 1 aliphatic carbocycles. The Morgan fingerprint density at radius 1 is 0.893 bits per heavy atom. The molecule has 2 aromatic rings. The number of rotatable bonds is 4. The molecule has 28 heavy (non-hydrogen) atoms. The Morgan fingerprint density at radius 2 is 1.39 bits per heavy atom. The first-order valence-corrected chi connectivity index (χ1v) is 8.60. The van der Waals surface area contributed by atoms with Crippen LogP contribution in [0.3, 0.4) is 0 Å². The van der Waals surface area contributed by atoms with Crippen molar-refractivity contribution in [3.05, 3.63) is 64.7 Å². The molecule has 0 heterocycles. The number of hydrogen-bond donors (Lipinski definition) is 0. The van der Waals surface area contributed by atoms with E-state index >= 15 is 0 Å². The number of ether oxygens (including phenoxy) is 1. The normalized spacial score (nSPS) is 19.8. The first kappa shape index (κ1) is 23.2. The van der Waals surface area contributed by atoms with Gasteiger partial charge in [0.2, 0.25) is 0 Å². The van der Waals surface area contributed by atoms with Gasteiger partial charge >= 0.3 is 6.11 Å². The van der Waals surface area contributed by atoms with Gasteiger partial charge in [0, 0.05) is 50.1 Å². The Hall–Kier alpha value is -1.08. The van der Waals surface area contributed by atoms with Crippen molar-refractivity contribution in [2.75, 3.05) is 0 Å². The minimum absolute atomic E-state index is 0. The van der Waals surface area contributed by atoms with Crippen LogP contribution in [0.1, 0.15) is 49.7 Å². The van der Waals surface area contributed by atoms with Gasteiger partial charge in [-0.25, -0.2) is 17.6 Å². The molecule has 1 aliphatic rings. The molecule has 149 valence electrons. The molecule has 0 atom stereocenters. The summed E-state index contributed by atoms with van der Waals surface area (Å²) in [4.78, 5) is 0. The largest absolute Gasteiger partial charge is 0.455 e. The van der Waals surface area contributed by atoms with E-state index in [0.29, 0.717) is 23.6 Å². The van der Waals surface area contributed by atoms with Crippen molar-refractivity contribution in [3.8, 4) is 5.75 Å². The maximum atomic E-state index is 14.3. The van der Waals surface area contributed by atoms with Gasteiger partial charge in [0.15, 0.2) is 0 Å². The molecule has 8 heteroatoms. The van der Waals surface area contributed by atoms with E-state index in [4.69, 9.17) is 0 Å².